The van der Waals surface area contributed by atoms with Crippen LogP contribution in [0.5, 0.6) is 0 Å². The zero-order chi connectivity index (χ0) is 19.7. The van der Waals surface area contributed by atoms with E-state index in [2.05, 4.69) is 15.9 Å². The van der Waals surface area contributed by atoms with Crippen molar-refractivity contribution in [3.8, 4) is 11.3 Å². The first-order valence-corrected chi connectivity index (χ1v) is 9.06. The molecule has 2 heterocycles. The first-order valence-electron chi connectivity index (χ1n) is 8.26. The predicted octanol–water partition coefficient (Wildman–Crippen LogP) is 5.60. The SMILES string of the molecule is O=C1OC(c2ccc(Br)cc2)=C/C1=C/c1ccc(-c2ccccc2[N+](=O)[O-])o1. The third kappa shape index (κ3) is 3.52. The molecule has 2 aromatic carbocycles. The van der Waals surface area contributed by atoms with Gasteiger partial charge in [0.15, 0.2) is 0 Å². The number of furan rings is 1. The van der Waals surface area contributed by atoms with Gasteiger partial charge in [0, 0.05) is 16.1 Å². The van der Waals surface area contributed by atoms with Gasteiger partial charge in [-0.15, -0.1) is 0 Å². The largest absolute Gasteiger partial charge is 0.456 e. The summed E-state index contributed by atoms with van der Waals surface area (Å²) in [5, 5.41) is 11.2. The van der Waals surface area contributed by atoms with Crippen LogP contribution in [0.15, 0.2) is 81.2 Å². The van der Waals surface area contributed by atoms with Gasteiger partial charge in [-0.2, -0.15) is 0 Å². The average Bonchev–Trinajstić information content (AvgIpc) is 3.30. The Kier molecular flexibility index (Phi) is 4.67. The quantitative estimate of drug-likeness (QED) is 0.229. The molecule has 6 nitrogen and oxygen atoms in total. The highest BCUT2D eigenvalue weighted by Gasteiger charge is 2.23. The number of rotatable bonds is 4. The molecule has 0 unspecified atom stereocenters. The maximum Gasteiger partial charge on any atom is 0.343 e. The van der Waals surface area contributed by atoms with E-state index in [9.17, 15) is 14.9 Å². The van der Waals surface area contributed by atoms with Crippen LogP contribution >= 0.6 is 15.9 Å². The molecule has 0 N–H and O–H groups in total. The number of carbonyl (C=O) groups is 1. The molecular formula is C21H12BrNO5. The molecule has 0 radical (unpaired) electrons. The van der Waals surface area contributed by atoms with Crippen molar-refractivity contribution < 1.29 is 18.9 Å². The highest BCUT2D eigenvalue weighted by molar-refractivity contribution is 9.10. The van der Waals surface area contributed by atoms with E-state index in [1.165, 1.54) is 6.07 Å². The molecule has 1 aliphatic rings. The molecule has 0 atom stereocenters. The molecule has 0 aliphatic carbocycles. The summed E-state index contributed by atoms with van der Waals surface area (Å²) >= 11 is 3.36. The van der Waals surface area contributed by atoms with Crippen LogP contribution in [0.2, 0.25) is 0 Å². The van der Waals surface area contributed by atoms with Gasteiger partial charge in [-0.3, -0.25) is 10.1 Å². The lowest BCUT2D eigenvalue weighted by Crippen LogP contribution is -1.96. The number of halogens is 1. The summed E-state index contributed by atoms with van der Waals surface area (Å²) in [7, 11) is 0. The molecule has 0 saturated heterocycles. The van der Waals surface area contributed by atoms with Gasteiger partial charge >= 0.3 is 5.97 Å². The van der Waals surface area contributed by atoms with E-state index in [0.29, 0.717) is 28.4 Å². The number of benzene rings is 2. The summed E-state index contributed by atoms with van der Waals surface area (Å²) in [6.45, 7) is 0. The van der Waals surface area contributed by atoms with Crippen LogP contribution in [-0.2, 0) is 9.53 Å². The van der Waals surface area contributed by atoms with Gasteiger partial charge < -0.3 is 9.15 Å². The number of carbonyl (C=O) groups excluding carboxylic acids is 1. The van der Waals surface area contributed by atoms with E-state index < -0.39 is 10.9 Å². The van der Waals surface area contributed by atoms with Gasteiger partial charge in [-0.25, -0.2) is 4.79 Å². The number of nitro benzene ring substituents is 1. The number of ether oxygens (including phenoxy) is 1. The Morgan fingerprint density at radius 1 is 1.00 bits per heavy atom. The molecular weight excluding hydrogens is 426 g/mol. The maximum atomic E-state index is 12.2. The van der Waals surface area contributed by atoms with E-state index in [-0.39, 0.29) is 5.69 Å². The minimum Gasteiger partial charge on any atom is -0.456 e. The van der Waals surface area contributed by atoms with Crippen molar-refractivity contribution in [2.45, 2.75) is 0 Å². The number of hydrogen-bond acceptors (Lipinski definition) is 5. The smallest absolute Gasteiger partial charge is 0.343 e. The second-order valence-corrected chi connectivity index (χ2v) is 6.90. The minimum atomic E-state index is -0.485. The van der Waals surface area contributed by atoms with E-state index >= 15 is 0 Å². The van der Waals surface area contributed by atoms with Crippen molar-refractivity contribution in [2.24, 2.45) is 0 Å². The van der Waals surface area contributed by atoms with Gasteiger partial charge in [0.1, 0.15) is 17.3 Å². The maximum absolute atomic E-state index is 12.2. The van der Waals surface area contributed by atoms with E-state index in [0.717, 1.165) is 10.0 Å². The second-order valence-electron chi connectivity index (χ2n) is 5.98. The third-order valence-electron chi connectivity index (χ3n) is 4.14. The van der Waals surface area contributed by atoms with Crippen LogP contribution in [0.1, 0.15) is 11.3 Å². The van der Waals surface area contributed by atoms with Crippen molar-refractivity contribution in [3.05, 3.63) is 98.2 Å². The molecule has 4 rings (SSSR count). The van der Waals surface area contributed by atoms with E-state index in [4.69, 9.17) is 9.15 Å². The Balaban J connectivity index is 1.65. The Bertz CT molecular complexity index is 1140. The van der Waals surface area contributed by atoms with Crippen molar-refractivity contribution >= 4 is 39.4 Å². The zero-order valence-electron chi connectivity index (χ0n) is 14.3. The van der Waals surface area contributed by atoms with Crippen LogP contribution in [-0.4, -0.2) is 10.9 Å². The van der Waals surface area contributed by atoms with Gasteiger partial charge in [0.2, 0.25) is 0 Å². The fourth-order valence-electron chi connectivity index (χ4n) is 2.82. The van der Waals surface area contributed by atoms with Crippen LogP contribution in [0.25, 0.3) is 23.2 Å². The van der Waals surface area contributed by atoms with Gasteiger partial charge in [0.25, 0.3) is 5.69 Å². The molecule has 1 aliphatic heterocycles. The topological polar surface area (TPSA) is 82.6 Å². The fraction of sp³-hybridized carbons (Fsp3) is 0. The molecule has 0 bridgehead atoms. The number of nitrogens with zero attached hydrogens (tertiary/aromatic N) is 1. The van der Waals surface area contributed by atoms with Crippen LogP contribution in [0.4, 0.5) is 5.69 Å². The van der Waals surface area contributed by atoms with Crippen molar-refractivity contribution in [3.63, 3.8) is 0 Å². The van der Waals surface area contributed by atoms with Crippen LogP contribution < -0.4 is 0 Å². The Morgan fingerprint density at radius 2 is 1.75 bits per heavy atom. The summed E-state index contributed by atoms with van der Waals surface area (Å²) in [6, 6.07) is 17.0. The fourth-order valence-corrected chi connectivity index (χ4v) is 3.08. The molecule has 138 valence electrons. The second kappa shape index (κ2) is 7.28. The highest BCUT2D eigenvalue weighted by atomic mass is 79.9. The number of hydrogen-bond donors (Lipinski definition) is 0. The molecule has 0 fully saturated rings. The van der Waals surface area contributed by atoms with Crippen LogP contribution in [0.3, 0.4) is 0 Å². The van der Waals surface area contributed by atoms with Gasteiger partial charge in [0.05, 0.1) is 16.1 Å². The summed E-state index contributed by atoms with van der Waals surface area (Å²) in [5.41, 5.74) is 1.44. The van der Waals surface area contributed by atoms with E-state index in [1.54, 1.807) is 42.5 Å². The van der Waals surface area contributed by atoms with E-state index in [1.807, 2.05) is 24.3 Å². The highest BCUT2D eigenvalue weighted by Crippen LogP contribution is 2.33. The van der Waals surface area contributed by atoms with Crippen molar-refractivity contribution in [1.29, 1.82) is 0 Å². The monoisotopic (exact) mass is 437 g/mol. The zero-order valence-corrected chi connectivity index (χ0v) is 15.9. The van der Waals surface area contributed by atoms with Crippen LogP contribution in [0, 0.1) is 10.1 Å². The molecule has 0 saturated carbocycles. The molecule has 3 aromatic rings. The lowest BCUT2D eigenvalue weighted by atomic mass is 10.1. The predicted molar refractivity (Wildman–Crippen MR) is 107 cm³/mol. The standard InChI is InChI=1S/C21H12BrNO5/c22-15-7-5-13(6-8-15)20-12-14(21(24)28-20)11-16-9-10-19(27-16)17-3-1-2-4-18(17)23(25)26/h1-12H/b14-11-. The Morgan fingerprint density at radius 3 is 2.50 bits per heavy atom. The average molecular weight is 438 g/mol. The Labute approximate surface area is 168 Å². The van der Waals surface area contributed by atoms with Crippen molar-refractivity contribution in [2.75, 3.05) is 0 Å². The number of esters is 1. The lowest BCUT2D eigenvalue weighted by Gasteiger charge is -2.01. The summed E-state index contributed by atoms with van der Waals surface area (Å²) in [4.78, 5) is 22.9. The molecule has 28 heavy (non-hydrogen) atoms. The molecule has 0 amide bonds. The summed E-state index contributed by atoms with van der Waals surface area (Å²) in [5.74, 6) is 0.715. The summed E-state index contributed by atoms with van der Waals surface area (Å²) < 4.78 is 12.0. The normalized spacial score (nSPS) is 14.8. The lowest BCUT2D eigenvalue weighted by molar-refractivity contribution is -0.384. The van der Waals surface area contributed by atoms with Gasteiger partial charge in [-0.1, -0.05) is 40.2 Å². The molecule has 0 spiro atoms. The Hall–Kier alpha value is -3.45. The third-order valence-corrected chi connectivity index (χ3v) is 4.67. The first-order chi connectivity index (χ1) is 13.5. The number of para-hydroxylation sites is 1. The molecule has 7 heteroatoms. The van der Waals surface area contributed by atoms with Gasteiger partial charge in [-0.05, 0) is 42.5 Å². The van der Waals surface area contributed by atoms with Crippen molar-refractivity contribution in [1.82, 2.24) is 0 Å². The molecule has 1 aromatic heterocycles. The summed E-state index contributed by atoms with van der Waals surface area (Å²) in [6.07, 6.45) is 3.19. The number of nitro groups is 1. The minimum absolute atomic E-state index is 0.0475. The number of cyclic esters (lactones) is 1. The first kappa shape index (κ1) is 17.9.